The Labute approximate surface area is 111 Å². The van der Waals surface area contributed by atoms with Crippen LogP contribution in [0.3, 0.4) is 0 Å². The third-order valence-electron chi connectivity index (χ3n) is 3.46. The molecule has 3 nitrogen and oxygen atoms in total. The lowest BCUT2D eigenvalue weighted by molar-refractivity contribution is 0.415. The van der Waals surface area contributed by atoms with Crippen LogP contribution in [0.5, 0.6) is 5.75 Å². The van der Waals surface area contributed by atoms with Gasteiger partial charge in [0.25, 0.3) is 0 Å². The molecular formula is C15H26N2O. The zero-order valence-corrected chi connectivity index (χ0v) is 12.1. The predicted molar refractivity (Wildman–Crippen MR) is 78.6 cm³/mol. The normalized spacial score (nSPS) is 12.2. The van der Waals surface area contributed by atoms with Crippen LogP contribution in [0.25, 0.3) is 0 Å². The lowest BCUT2D eigenvalue weighted by atomic mass is 10.1. The molecule has 18 heavy (non-hydrogen) atoms. The Morgan fingerprint density at radius 1 is 1.28 bits per heavy atom. The average Bonchev–Trinajstić information content (AvgIpc) is 2.43. The lowest BCUT2D eigenvalue weighted by Gasteiger charge is -2.21. The van der Waals surface area contributed by atoms with Gasteiger partial charge in [-0.1, -0.05) is 6.92 Å². The summed E-state index contributed by atoms with van der Waals surface area (Å²) in [5, 5.41) is 3.35. The summed E-state index contributed by atoms with van der Waals surface area (Å²) in [6.07, 6.45) is 3.64. The maximum atomic E-state index is 5.16. The number of methoxy groups -OCH3 is 1. The van der Waals surface area contributed by atoms with Crippen LogP contribution in [0, 0.1) is 0 Å². The third-order valence-corrected chi connectivity index (χ3v) is 3.46. The Kier molecular flexibility index (Phi) is 6.58. The molecule has 0 aromatic heterocycles. The van der Waals surface area contributed by atoms with Gasteiger partial charge in [-0.2, -0.15) is 0 Å². The minimum atomic E-state index is 0.647. The third kappa shape index (κ3) is 4.57. The number of hydrogen-bond acceptors (Lipinski definition) is 3. The molecule has 0 saturated carbocycles. The van der Waals surface area contributed by atoms with Crippen molar-refractivity contribution >= 4 is 5.69 Å². The molecule has 0 aliphatic carbocycles. The van der Waals surface area contributed by atoms with Crippen LogP contribution in [0.2, 0.25) is 0 Å². The molecule has 0 aliphatic rings. The summed E-state index contributed by atoms with van der Waals surface area (Å²) in [5.41, 5.74) is 1.24. The van der Waals surface area contributed by atoms with Crippen molar-refractivity contribution in [2.75, 3.05) is 32.6 Å². The zero-order valence-electron chi connectivity index (χ0n) is 12.1. The number of hydrogen-bond donors (Lipinski definition) is 1. The fourth-order valence-corrected chi connectivity index (χ4v) is 2.09. The first-order chi connectivity index (χ1) is 8.71. The number of nitrogens with one attached hydrogen (secondary N) is 1. The van der Waals surface area contributed by atoms with Crippen molar-refractivity contribution in [3.63, 3.8) is 0 Å². The van der Waals surface area contributed by atoms with E-state index < -0.39 is 0 Å². The van der Waals surface area contributed by atoms with E-state index in [1.54, 1.807) is 7.11 Å². The quantitative estimate of drug-likeness (QED) is 0.768. The molecule has 0 spiro atoms. The molecule has 1 N–H and O–H groups in total. The monoisotopic (exact) mass is 250 g/mol. The highest BCUT2D eigenvalue weighted by molar-refractivity contribution is 5.48. The van der Waals surface area contributed by atoms with E-state index in [0.717, 1.165) is 12.3 Å². The summed E-state index contributed by atoms with van der Waals surface area (Å²) >= 11 is 0. The first-order valence-corrected chi connectivity index (χ1v) is 6.73. The molecule has 0 heterocycles. The molecule has 0 amide bonds. The largest absolute Gasteiger partial charge is 0.497 e. The molecule has 0 fully saturated rings. The van der Waals surface area contributed by atoms with Gasteiger partial charge in [0.2, 0.25) is 0 Å². The molecule has 0 radical (unpaired) electrons. The number of anilines is 1. The molecule has 3 heteroatoms. The predicted octanol–water partition coefficient (Wildman–Crippen LogP) is 2.91. The van der Waals surface area contributed by atoms with Gasteiger partial charge < -0.3 is 15.0 Å². The van der Waals surface area contributed by atoms with E-state index in [4.69, 9.17) is 4.74 Å². The topological polar surface area (TPSA) is 24.5 Å². The van der Waals surface area contributed by atoms with E-state index in [0.29, 0.717) is 6.04 Å². The van der Waals surface area contributed by atoms with E-state index in [1.807, 2.05) is 19.2 Å². The Morgan fingerprint density at radius 2 is 1.94 bits per heavy atom. The van der Waals surface area contributed by atoms with Crippen LogP contribution in [0.1, 0.15) is 26.2 Å². The van der Waals surface area contributed by atoms with Gasteiger partial charge in [-0.25, -0.2) is 0 Å². The smallest absolute Gasteiger partial charge is 0.119 e. The molecule has 1 atom stereocenters. The summed E-state index contributed by atoms with van der Waals surface area (Å²) in [4.78, 5) is 2.29. The fourth-order valence-electron chi connectivity index (χ4n) is 2.09. The standard InChI is InChI=1S/C15H26N2O/c1-5-13(16-2)7-6-12-17(3)14-8-10-15(18-4)11-9-14/h8-11,13,16H,5-7,12H2,1-4H3. The van der Waals surface area contributed by atoms with Crippen LogP contribution in [-0.2, 0) is 0 Å². The Bertz CT molecular complexity index is 320. The molecule has 0 aliphatic heterocycles. The average molecular weight is 250 g/mol. The van der Waals surface area contributed by atoms with Gasteiger partial charge in [-0.3, -0.25) is 0 Å². The molecule has 0 bridgehead atoms. The van der Waals surface area contributed by atoms with E-state index >= 15 is 0 Å². The minimum Gasteiger partial charge on any atom is -0.497 e. The van der Waals surface area contributed by atoms with Crippen molar-refractivity contribution in [1.82, 2.24) is 5.32 Å². The number of rotatable bonds is 8. The highest BCUT2D eigenvalue weighted by Gasteiger charge is 2.05. The van der Waals surface area contributed by atoms with E-state index in [2.05, 4.69) is 36.3 Å². The van der Waals surface area contributed by atoms with Gasteiger partial charge in [0, 0.05) is 25.3 Å². The molecule has 1 aromatic carbocycles. The van der Waals surface area contributed by atoms with Gasteiger partial charge in [0.05, 0.1) is 7.11 Å². The Balaban J connectivity index is 2.37. The minimum absolute atomic E-state index is 0.647. The van der Waals surface area contributed by atoms with Crippen LogP contribution in [-0.4, -0.2) is 33.8 Å². The van der Waals surface area contributed by atoms with Crippen molar-refractivity contribution in [3.05, 3.63) is 24.3 Å². The summed E-state index contributed by atoms with van der Waals surface area (Å²) in [6, 6.07) is 8.87. The number of ether oxygens (including phenoxy) is 1. The summed E-state index contributed by atoms with van der Waals surface area (Å²) in [7, 11) is 5.88. The van der Waals surface area contributed by atoms with E-state index in [9.17, 15) is 0 Å². The number of nitrogens with zero attached hydrogens (tertiary/aromatic N) is 1. The summed E-state index contributed by atoms with van der Waals surface area (Å²) in [6.45, 7) is 3.32. The van der Waals surface area contributed by atoms with E-state index in [-0.39, 0.29) is 0 Å². The Hall–Kier alpha value is -1.22. The highest BCUT2D eigenvalue weighted by atomic mass is 16.5. The molecular weight excluding hydrogens is 224 g/mol. The van der Waals surface area contributed by atoms with E-state index in [1.165, 1.54) is 24.9 Å². The molecule has 102 valence electrons. The van der Waals surface area contributed by atoms with Crippen molar-refractivity contribution < 1.29 is 4.74 Å². The first kappa shape index (κ1) is 14.8. The highest BCUT2D eigenvalue weighted by Crippen LogP contribution is 2.18. The molecule has 1 rings (SSSR count). The second-order valence-corrected chi connectivity index (χ2v) is 4.66. The van der Waals surface area contributed by atoms with Gasteiger partial charge in [0.1, 0.15) is 5.75 Å². The number of benzene rings is 1. The van der Waals surface area contributed by atoms with Gasteiger partial charge in [-0.05, 0) is 50.6 Å². The van der Waals surface area contributed by atoms with Crippen molar-refractivity contribution in [2.24, 2.45) is 0 Å². The fraction of sp³-hybridized carbons (Fsp3) is 0.600. The van der Waals surface area contributed by atoms with Crippen LogP contribution in [0.15, 0.2) is 24.3 Å². The SMILES string of the molecule is CCC(CCCN(C)c1ccc(OC)cc1)NC. The Morgan fingerprint density at radius 3 is 2.44 bits per heavy atom. The second kappa shape index (κ2) is 7.98. The van der Waals surface area contributed by atoms with Gasteiger partial charge in [0.15, 0.2) is 0 Å². The van der Waals surface area contributed by atoms with Crippen molar-refractivity contribution in [3.8, 4) is 5.75 Å². The van der Waals surface area contributed by atoms with Gasteiger partial charge >= 0.3 is 0 Å². The van der Waals surface area contributed by atoms with Crippen molar-refractivity contribution in [2.45, 2.75) is 32.2 Å². The van der Waals surface area contributed by atoms with Gasteiger partial charge in [-0.15, -0.1) is 0 Å². The summed E-state index contributed by atoms with van der Waals surface area (Å²) < 4.78 is 5.16. The molecule has 0 saturated heterocycles. The van der Waals surface area contributed by atoms with Crippen LogP contribution < -0.4 is 15.0 Å². The maximum absolute atomic E-state index is 5.16. The molecule has 1 aromatic rings. The van der Waals surface area contributed by atoms with Crippen LogP contribution >= 0.6 is 0 Å². The summed E-state index contributed by atoms with van der Waals surface area (Å²) in [5.74, 6) is 0.911. The maximum Gasteiger partial charge on any atom is 0.119 e. The van der Waals surface area contributed by atoms with Crippen molar-refractivity contribution in [1.29, 1.82) is 0 Å². The molecule has 1 unspecified atom stereocenters. The zero-order chi connectivity index (χ0) is 13.4. The first-order valence-electron chi connectivity index (χ1n) is 6.73. The van der Waals surface area contributed by atoms with Crippen LogP contribution in [0.4, 0.5) is 5.69 Å². The lowest BCUT2D eigenvalue weighted by Crippen LogP contribution is -2.26. The second-order valence-electron chi connectivity index (χ2n) is 4.66.